The van der Waals surface area contributed by atoms with Crippen LogP contribution in [0.4, 0.5) is 0 Å². The predicted octanol–water partition coefficient (Wildman–Crippen LogP) is 3.16. The van der Waals surface area contributed by atoms with Gasteiger partial charge in [0.15, 0.2) is 0 Å². The monoisotopic (exact) mass is 226 g/mol. The van der Waals surface area contributed by atoms with E-state index in [1.54, 1.807) is 0 Å². The molecule has 0 amide bonds. The predicted molar refractivity (Wildman–Crippen MR) is 71.6 cm³/mol. The molecule has 2 N–H and O–H groups in total. The van der Waals surface area contributed by atoms with Gasteiger partial charge in [0.1, 0.15) is 0 Å². The molecule has 1 fully saturated rings. The number of nitrogens with zero attached hydrogens (tertiary/aromatic N) is 1. The van der Waals surface area contributed by atoms with Crippen molar-refractivity contribution in [2.24, 2.45) is 5.73 Å². The minimum atomic E-state index is 0.662. The SMILES string of the molecule is CCCCCCC(CN)N1CCCCCC1. The van der Waals surface area contributed by atoms with Crippen LogP contribution in [0.5, 0.6) is 0 Å². The zero-order valence-electron chi connectivity index (χ0n) is 11.1. The molecule has 0 aromatic rings. The average Bonchev–Trinajstić information content (AvgIpc) is 2.58. The standard InChI is InChI=1S/C14H30N2/c1-2-3-4-7-10-14(13-15)16-11-8-5-6-9-12-16/h14H,2-13,15H2,1H3. The molecule has 0 radical (unpaired) electrons. The van der Waals surface area contributed by atoms with E-state index in [1.807, 2.05) is 0 Å². The van der Waals surface area contributed by atoms with Crippen LogP contribution in [-0.4, -0.2) is 30.6 Å². The third kappa shape index (κ3) is 5.31. The first-order chi connectivity index (χ1) is 7.88. The molecule has 0 aromatic carbocycles. The minimum Gasteiger partial charge on any atom is -0.329 e. The normalized spacial score (nSPS) is 20.6. The van der Waals surface area contributed by atoms with Crippen LogP contribution in [0.15, 0.2) is 0 Å². The lowest BCUT2D eigenvalue weighted by atomic mass is 10.1. The lowest BCUT2D eigenvalue weighted by molar-refractivity contribution is 0.194. The maximum Gasteiger partial charge on any atom is 0.0218 e. The van der Waals surface area contributed by atoms with Crippen LogP contribution >= 0.6 is 0 Å². The van der Waals surface area contributed by atoms with Gasteiger partial charge in [0.05, 0.1) is 0 Å². The molecule has 1 saturated heterocycles. The van der Waals surface area contributed by atoms with Gasteiger partial charge in [-0.15, -0.1) is 0 Å². The number of rotatable bonds is 7. The molecular weight excluding hydrogens is 196 g/mol. The molecule has 1 aliphatic heterocycles. The molecular formula is C14H30N2. The second-order valence-electron chi connectivity index (χ2n) is 5.19. The number of unbranched alkanes of at least 4 members (excludes halogenated alkanes) is 3. The van der Waals surface area contributed by atoms with Crippen LogP contribution in [0.25, 0.3) is 0 Å². The molecule has 0 aromatic heterocycles. The number of nitrogens with two attached hydrogens (primary N) is 1. The smallest absolute Gasteiger partial charge is 0.0218 e. The molecule has 1 unspecified atom stereocenters. The van der Waals surface area contributed by atoms with Gasteiger partial charge in [-0.2, -0.15) is 0 Å². The van der Waals surface area contributed by atoms with Crippen LogP contribution < -0.4 is 5.73 Å². The summed E-state index contributed by atoms with van der Waals surface area (Å²) in [6.07, 6.45) is 12.4. The fraction of sp³-hybridized carbons (Fsp3) is 1.00. The Morgan fingerprint density at radius 3 is 2.25 bits per heavy atom. The van der Waals surface area contributed by atoms with Crippen molar-refractivity contribution in [3.05, 3.63) is 0 Å². The Bertz CT molecular complexity index is 151. The van der Waals surface area contributed by atoms with Crippen molar-refractivity contribution in [2.45, 2.75) is 70.8 Å². The quantitative estimate of drug-likeness (QED) is 0.676. The largest absolute Gasteiger partial charge is 0.329 e. The number of likely N-dealkylation sites (tertiary alicyclic amines) is 1. The van der Waals surface area contributed by atoms with E-state index in [0.29, 0.717) is 6.04 Å². The molecule has 16 heavy (non-hydrogen) atoms. The van der Waals surface area contributed by atoms with E-state index in [2.05, 4.69) is 11.8 Å². The van der Waals surface area contributed by atoms with E-state index in [1.165, 1.54) is 70.9 Å². The second-order valence-corrected chi connectivity index (χ2v) is 5.19. The van der Waals surface area contributed by atoms with E-state index in [0.717, 1.165) is 6.54 Å². The van der Waals surface area contributed by atoms with Crippen molar-refractivity contribution >= 4 is 0 Å². The minimum absolute atomic E-state index is 0.662. The van der Waals surface area contributed by atoms with Crippen molar-refractivity contribution in [3.8, 4) is 0 Å². The van der Waals surface area contributed by atoms with Gasteiger partial charge in [0, 0.05) is 12.6 Å². The van der Waals surface area contributed by atoms with Crippen molar-refractivity contribution in [1.29, 1.82) is 0 Å². The van der Waals surface area contributed by atoms with E-state index in [9.17, 15) is 0 Å². The topological polar surface area (TPSA) is 29.3 Å². The maximum absolute atomic E-state index is 5.93. The van der Waals surface area contributed by atoms with E-state index in [4.69, 9.17) is 5.73 Å². The Morgan fingerprint density at radius 1 is 1.00 bits per heavy atom. The van der Waals surface area contributed by atoms with Gasteiger partial charge in [-0.1, -0.05) is 45.4 Å². The van der Waals surface area contributed by atoms with Crippen molar-refractivity contribution in [2.75, 3.05) is 19.6 Å². The number of hydrogen-bond acceptors (Lipinski definition) is 2. The highest BCUT2D eigenvalue weighted by Crippen LogP contribution is 2.16. The summed E-state index contributed by atoms with van der Waals surface area (Å²) in [5.74, 6) is 0. The van der Waals surface area contributed by atoms with Crippen LogP contribution in [0, 0.1) is 0 Å². The van der Waals surface area contributed by atoms with Gasteiger partial charge in [-0.25, -0.2) is 0 Å². The summed E-state index contributed by atoms with van der Waals surface area (Å²) in [6, 6.07) is 0.662. The highest BCUT2D eigenvalue weighted by Gasteiger charge is 2.17. The summed E-state index contributed by atoms with van der Waals surface area (Å²) in [5, 5.41) is 0. The second kappa shape index (κ2) is 9.00. The van der Waals surface area contributed by atoms with E-state index >= 15 is 0 Å². The third-order valence-electron chi connectivity index (χ3n) is 3.82. The lowest BCUT2D eigenvalue weighted by Crippen LogP contribution is -2.41. The fourth-order valence-electron chi connectivity index (χ4n) is 2.72. The van der Waals surface area contributed by atoms with Gasteiger partial charge < -0.3 is 5.73 Å². The Balaban J connectivity index is 2.22. The first-order valence-electron chi connectivity index (χ1n) is 7.32. The first-order valence-corrected chi connectivity index (χ1v) is 7.32. The van der Waals surface area contributed by atoms with Gasteiger partial charge in [0.25, 0.3) is 0 Å². The van der Waals surface area contributed by atoms with Gasteiger partial charge in [-0.3, -0.25) is 4.90 Å². The van der Waals surface area contributed by atoms with Crippen molar-refractivity contribution < 1.29 is 0 Å². The highest BCUT2D eigenvalue weighted by molar-refractivity contribution is 4.74. The molecule has 0 bridgehead atoms. The van der Waals surface area contributed by atoms with Gasteiger partial charge in [-0.05, 0) is 32.4 Å². The van der Waals surface area contributed by atoms with Crippen molar-refractivity contribution in [3.63, 3.8) is 0 Å². The molecule has 1 aliphatic rings. The molecule has 0 saturated carbocycles. The summed E-state index contributed by atoms with van der Waals surface area (Å²) in [5.41, 5.74) is 5.93. The molecule has 2 nitrogen and oxygen atoms in total. The lowest BCUT2D eigenvalue weighted by Gasteiger charge is -2.29. The van der Waals surface area contributed by atoms with E-state index < -0.39 is 0 Å². The molecule has 1 atom stereocenters. The molecule has 96 valence electrons. The Hall–Kier alpha value is -0.0800. The van der Waals surface area contributed by atoms with Gasteiger partial charge in [0.2, 0.25) is 0 Å². The molecule has 1 rings (SSSR count). The first kappa shape index (κ1) is 14.0. The zero-order valence-corrected chi connectivity index (χ0v) is 11.1. The summed E-state index contributed by atoms with van der Waals surface area (Å²) >= 11 is 0. The summed E-state index contributed by atoms with van der Waals surface area (Å²) in [7, 11) is 0. The summed E-state index contributed by atoms with van der Waals surface area (Å²) < 4.78 is 0. The summed E-state index contributed by atoms with van der Waals surface area (Å²) in [6.45, 7) is 5.70. The molecule has 0 aliphatic carbocycles. The van der Waals surface area contributed by atoms with Crippen LogP contribution in [0.2, 0.25) is 0 Å². The van der Waals surface area contributed by atoms with E-state index in [-0.39, 0.29) is 0 Å². The number of hydrogen-bond donors (Lipinski definition) is 1. The van der Waals surface area contributed by atoms with Crippen molar-refractivity contribution in [1.82, 2.24) is 4.90 Å². The fourth-order valence-corrected chi connectivity index (χ4v) is 2.72. The third-order valence-corrected chi connectivity index (χ3v) is 3.82. The van der Waals surface area contributed by atoms with Crippen LogP contribution in [-0.2, 0) is 0 Å². The average molecular weight is 226 g/mol. The van der Waals surface area contributed by atoms with Crippen LogP contribution in [0.3, 0.4) is 0 Å². The Labute approximate surface area is 102 Å². The molecule has 2 heteroatoms. The zero-order chi connectivity index (χ0) is 11.6. The molecule has 0 spiro atoms. The Kier molecular flexibility index (Phi) is 7.87. The summed E-state index contributed by atoms with van der Waals surface area (Å²) in [4.78, 5) is 2.65. The van der Waals surface area contributed by atoms with Crippen LogP contribution in [0.1, 0.15) is 64.7 Å². The Morgan fingerprint density at radius 2 is 1.69 bits per heavy atom. The van der Waals surface area contributed by atoms with Gasteiger partial charge >= 0.3 is 0 Å². The maximum atomic E-state index is 5.93. The molecule has 1 heterocycles. The highest BCUT2D eigenvalue weighted by atomic mass is 15.2.